The van der Waals surface area contributed by atoms with Crippen molar-refractivity contribution in [2.75, 3.05) is 13.6 Å². The van der Waals surface area contributed by atoms with E-state index in [-0.39, 0.29) is 0 Å². The first-order chi connectivity index (χ1) is 11.1. The molecule has 1 aliphatic carbocycles. The monoisotopic (exact) mass is 371 g/mol. The molecule has 2 aliphatic rings. The van der Waals surface area contributed by atoms with Crippen molar-refractivity contribution in [2.45, 2.75) is 38.1 Å². The zero-order chi connectivity index (χ0) is 16.1. The number of hydrogen-bond donors (Lipinski definition) is 1. The van der Waals surface area contributed by atoms with Crippen LogP contribution in [0.25, 0.3) is 0 Å². The Balaban J connectivity index is 1.96. The van der Waals surface area contributed by atoms with Crippen LogP contribution in [-0.2, 0) is 12.8 Å². The van der Waals surface area contributed by atoms with Crippen molar-refractivity contribution in [3.05, 3.63) is 62.6 Å². The van der Waals surface area contributed by atoms with E-state index >= 15 is 0 Å². The number of rotatable bonds is 0. The summed E-state index contributed by atoms with van der Waals surface area (Å²) in [7, 11) is 2.25. The Labute approximate surface area is 146 Å². The minimum atomic E-state index is 0.352. The molecule has 0 saturated heterocycles. The van der Waals surface area contributed by atoms with E-state index in [1.54, 1.807) is 0 Å². The van der Waals surface area contributed by atoms with E-state index in [0.29, 0.717) is 17.7 Å². The number of fused-ring (bicyclic) bond motifs is 5. The average Bonchev–Trinajstić information content (AvgIpc) is 2.67. The summed E-state index contributed by atoms with van der Waals surface area (Å²) in [6, 6.07) is 11.3. The first kappa shape index (κ1) is 15.2. The number of hydrogen-bond acceptors (Lipinski definition) is 2. The summed E-state index contributed by atoms with van der Waals surface area (Å²) in [5.74, 6) is 0.777. The molecule has 1 aliphatic heterocycles. The van der Waals surface area contributed by atoms with E-state index in [1.165, 1.54) is 33.1 Å². The van der Waals surface area contributed by atoms with Crippen LogP contribution in [0.1, 0.15) is 40.2 Å². The summed E-state index contributed by atoms with van der Waals surface area (Å²) in [5, 5.41) is 10.3. The van der Waals surface area contributed by atoms with E-state index in [9.17, 15) is 5.11 Å². The summed E-state index contributed by atoms with van der Waals surface area (Å²) < 4.78 is 1.22. The summed E-state index contributed by atoms with van der Waals surface area (Å²) >= 11 is 3.74. The van der Waals surface area contributed by atoms with Crippen LogP contribution in [0, 0.1) is 6.92 Å². The highest BCUT2D eigenvalue weighted by Gasteiger charge is 2.37. The van der Waals surface area contributed by atoms with Crippen LogP contribution in [0.5, 0.6) is 5.75 Å². The molecular weight excluding hydrogens is 350 g/mol. The van der Waals surface area contributed by atoms with E-state index in [1.807, 2.05) is 13.0 Å². The number of phenols is 1. The van der Waals surface area contributed by atoms with Gasteiger partial charge in [0.05, 0.1) is 0 Å². The number of halogens is 1. The largest absolute Gasteiger partial charge is 0.508 e. The quantitative estimate of drug-likeness (QED) is 0.741. The molecule has 3 heteroatoms. The predicted octanol–water partition coefficient (Wildman–Crippen LogP) is 4.40. The lowest BCUT2D eigenvalue weighted by Gasteiger charge is -2.38. The van der Waals surface area contributed by atoms with Crippen LogP contribution in [0.4, 0.5) is 0 Å². The van der Waals surface area contributed by atoms with Crippen LogP contribution >= 0.6 is 15.9 Å². The number of nitrogens with zero attached hydrogens (tertiary/aromatic N) is 1. The normalized spacial score (nSPS) is 23.6. The number of phenolic OH excluding ortho intramolecular Hbond substituents is 1. The molecule has 2 nitrogen and oxygen atoms in total. The molecule has 2 aromatic carbocycles. The molecule has 0 saturated carbocycles. The molecule has 4 rings (SSSR count). The number of likely N-dealkylation sites (N-methyl/N-ethyl adjacent to an activating group) is 1. The Morgan fingerprint density at radius 1 is 1.17 bits per heavy atom. The van der Waals surface area contributed by atoms with Gasteiger partial charge in [0.15, 0.2) is 0 Å². The fourth-order valence-corrected chi connectivity index (χ4v) is 4.97. The van der Waals surface area contributed by atoms with Crippen LogP contribution in [0.2, 0.25) is 0 Å². The zero-order valence-corrected chi connectivity index (χ0v) is 15.2. The molecule has 120 valence electrons. The molecule has 0 fully saturated rings. The highest BCUT2D eigenvalue weighted by Crippen LogP contribution is 2.45. The molecule has 0 aromatic heterocycles. The number of aryl methyl sites for hydroxylation is 1. The lowest BCUT2D eigenvalue weighted by Crippen LogP contribution is -2.39. The lowest BCUT2D eigenvalue weighted by atomic mass is 9.74. The average molecular weight is 372 g/mol. The van der Waals surface area contributed by atoms with E-state index in [4.69, 9.17) is 0 Å². The standard InChI is InChI=1S/C20H22BrNO/c1-12-10-13-8-9-22(2)18-7-6-14-15(4-3-5-17(14)21)20(18)16(13)11-19(12)23/h3-5,10-11,18,20,23H,6-9H2,1-2H3/t18-,20?/m0/s1. The minimum Gasteiger partial charge on any atom is -0.508 e. The Bertz CT molecular complexity index is 770. The van der Waals surface area contributed by atoms with Crippen molar-refractivity contribution in [1.29, 1.82) is 0 Å². The third-order valence-corrected chi connectivity index (χ3v) is 6.40. The molecule has 1 unspecified atom stereocenters. The first-order valence-corrected chi connectivity index (χ1v) is 9.15. The van der Waals surface area contributed by atoms with Crippen LogP contribution in [0.3, 0.4) is 0 Å². The van der Waals surface area contributed by atoms with Gasteiger partial charge in [-0.1, -0.05) is 34.1 Å². The van der Waals surface area contributed by atoms with Crippen LogP contribution in [-0.4, -0.2) is 29.6 Å². The van der Waals surface area contributed by atoms with Gasteiger partial charge in [-0.25, -0.2) is 0 Å². The molecule has 1 N–H and O–H groups in total. The van der Waals surface area contributed by atoms with E-state index in [2.05, 4.69) is 52.1 Å². The highest BCUT2D eigenvalue weighted by molar-refractivity contribution is 9.10. The first-order valence-electron chi connectivity index (χ1n) is 8.36. The molecule has 0 amide bonds. The molecule has 2 atom stereocenters. The third kappa shape index (κ3) is 2.41. The molecule has 0 bridgehead atoms. The second-order valence-electron chi connectivity index (χ2n) is 6.96. The maximum Gasteiger partial charge on any atom is 0.118 e. The maximum atomic E-state index is 10.3. The minimum absolute atomic E-state index is 0.352. The second-order valence-corrected chi connectivity index (χ2v) is 7.81. The summed E-state index contributed by atoms with van der Waals surface area (Å²) in [6.07, 6.45) is 3.35. The smallest absolute Gasteiger partial charge is 0.118 e. The van der Waals surface area contributed by atoms with Gasteiger partial charge < -0.3 is 10.0 Å². The lowest BCUT2D eigenvalue weighted by molar-refractivity contribution is 0.214. The van der Waals surface area contributed by atoms with Crippen molar-refractivity contribution >= 4 is 15.9 Å². The maximum absolute atomic E-state index is 10.3. The fourth-order valence-electron chi connectivity index (χ4n) is 4.39. The van der Waals surface area contributed by atoms with Gasteiger partial charge in [0.2, 0.25) is 0 Å². The van der Waals surface area contributed by atoms with Gasteiger partial charge in [-0.2, -0.15) is 0 Å². The van der Waals surface area contributed by atoms with Crippen LogP contribution < -0.4 is 0 Å². The van der Waals surface area contributed by atoms with E-state index in [0.717, 1.165) is 24.9 Å². The summed E-state index contributed by atoms with van der Waals surface area (Å²) in [5.41, 5.74) is 6.56. The van der Waals surface area contributed by atoms with Gasteiger partial charge in [-0.3, -0.25) is 0 Å². The van der Waals surface area contributed by atoms with Gasteiger partial charge in [-0.15, -0.1) is 0 Å². The van der Waals surface area contributed by atoms with Gasteiger partial charge in [-0.05, 0) is 73.2 Å². The summed E-state index contributed by atoms with van der Waals surface area (Å²) in [6.45, 7) is 3.08. The van der Waals surface area contributed by atoms with Gasteiger partial charge >= 0.3 is 0 Å². The Kier molecular flexibility index (Phi) is 3.73. The molecule has 1 heterocycles. The molecule has 23 heavy (non-hydrogen) atoms. The number of benzene rings is 2. The van der Waals surface area contributed by atoms with Crippen molar-refractivity contribution in [1.82, 2.24) is 4.90 Å². The molecule has 2 aromatic rings. The van der Waals surface area contributed by atoms with Crippen molar-refractivity contribution < 1.29 is 5.11 Å². The third-order valence-electron chi connectivity index (χ3n) is 5.66. The zero-order valence-electron chi connectivity index (χ0n) is 13.6. The SMILES string of the molecule is Cc1cc2c(cc1O)C1c3cccc(Br)c3CC[C@@H]1N(C)CC2. The predicted molar refractivity (Wildman–Crippen MR) is 97.3 cm³/mol. The van der Waals surface area contributed by atoms with Crippen molar-refractivity contribution in [3.8, 4) is 5.75 Å². The topological polar surface area (TPSA) is 23.5 Å². The second kappa shape index (κ2) is 5.64. The summed E-state index contributed by atoms with van der Waals surface area (Å²) in [4.78, 5) is 2.51. The molecule has 0 radical (unpaired) electrons. The van der Waals surface area contributed by atoms with Crippen molar-refractivity contribution in [3.63, 3.8) is 0 Å². The Morgan fingerprint density at radius 3 is 2.83 bits per heavy atom. The Hall–Kier alpha value is -1.32. The Morgan fingerprint density at radius 2 is 2.00 bits per heavy atom. The van der Waals surface area contributed by atoms with Gasteiger partial charge in [0, 0.05) is 23.0 Å². The van der Waals surface area contributed by atoms with Crippen LogP contribution in [0.15, 0.2) is 34.8 Å². The van der Waals surface area contributed by atoms with Gasteiger partial charge in [0.1, 0.15) is 5.75 Å². The van der Waals surface area contributed by atoms with Crippen molar-refractivity contribution in [2.24, 2.45) is 0 Å². The van der Waals surface area contributed by atoms with Gasteiger partial charge in [0.25, 0.3) is 0 Å². The molecular formula is C20H22BrNO. The number of aromatic hydroxyl groups is 1. The molecule has 0 spiro atoms. The van der Waals surface area contributed by atoms with E-state index < -0.39 is 0 Å². The highest BCUT2D eigenvalue weighted by atomic mass is 79.9. The fraction of sp³-hybridized carbons (Fsp3) is 0.400.